The molecule has 0 spiro atoms. The molecule has 1 saturated heterocycles. The highest BCUT2D eigenvalue weighted by atomic mass is 35.5. The second kappa shape index (κ2) is 9.88. The fourth-order valence-electron chi connectivity index (χ4n) is 3.93. The zero-order valence-corrected chi connectivity index (χ0v) is 18.1. The highest BCUT2D eigenvalue weighted by Gasteiger charge is 2.29. The molecule has 0 radical (unpaired) electrons. The van der Waals surface area contributed by atoms with Gasteiger partial charge in [0.1, 0.15) is 5.75 Å². The Hall–Kier alpha value is -3.30. The van der Waals surface area contributed by atoms with Gasteiger partial charge in [-0.15, -0.1) is 0 Å². The number of H-pyrrole nitrogens is 1. The first-order valence-corrected chi connectivity index (χ1v) is 10.4. The third kappa shape index (κ3) is 4.95. The number of amides is 1. The van der Waals surface area contributed by atoms with Gasteiger partial charge < -0.3 is 25.3 Å². The number of hydrogen-bond donors (Lipinski definition) is 4. The largest absolute Gasteiger partial charge is 0.508 e. The number of phenols is 1. The van der Waals surface area contributed by atoms with Gasteiger partial charge in [0, 0.05) is 35.3 Å². The molecule has 170 valence electrons. The number of aromatic hydroxyl groups is 1. The fourth-order valence-corrected chi connectivity index (χ4v) is 4.10. The molecule has 2 aromatic carbocycles. The molecule has 5 N–H and O–H groups in total. The Kier molecular flexibility index (Phi) is 7.22. The van der Waals surface area contributed by atoms with Gasteiger partial charge in [-0.25, -0.2) is 4.79 Å². The minimum atomic E-state index is -0.543. The van der Waals surface area contributed by atoms with E-state index in [1.54, 1.807) is 35.2 Å². The van der Waals surface area contributed by atoms with E-state index in [0.717, 1.165) is 18.4 Å². The summed E-state index contributed by atoms with van der Waals surface area (Å²) in [5, 5.41) is 17.7. The van der Waals surface area contributed by atoms with Crippen LogP contribution in [0.1, 0.15) is 40.4 Å². The molecule has 2 heterocycles. The number of carboxylic acid groups (broad SMARTS) is 1. The molecule has 1 aromatic heterocycles. The summed E-state index contributed by atoms with van der Waals surface area (Å²) < 4.78 is 4.98. The number of phenolic OH excluding ortho intramolecular Hbond substituents is 1. The first-order chi connectivity index (χ1) is 15.2. The molecular weight excluding hydrogens is 438 g/mol. The molecule has 1 atom stereocenters. The molecule has 0 bridgehead atoms. The minimum absolute atomic E-state index is 0.0952. The van der Waals surface area contributed by atoms with Crippen molar-refractivity contribution in [3.63, 3.8) is 0 Å². The van der Waals surface area contributed by atoms with Gasteiger partial charge in [-0.1, -0.05) is 11.6 Å². The number of carbonyl (C=O) groups excluding carboxylic acids is 1. The number of fused-ring (bicyclic) bond motifs is 1. The van der Waals surface area contributed by atoms with E-state index in [4.69, 9.17) is 31.7 Å². The first kappa shape index (κ1) is 23.4. The Bertz CT molecular complexity index is 1180. The monoisotopic (exact) mass is 461 g/mol. The third-order valence-electron chi connectivity index (χ3n) is 5.67. The average Bonchev–Trinajstić information content (AvgIpc) is 3.15. The Balaban J connectivity index is 0.000000913. The zero-order chi connectivity index (χ0) is 23.4. The number of carbonyl (C=O) groups is 2. The molecular formula is C22H24ClN3O6. The quantitative estimate of drug-likeness (QED) is 0.437. The highest BCUT2D eigenvalue weighted by molar-refractivity contribution is 6.31. The van der Waals surface area contributed by atoms with E-state index in [-0.39, 0.29) is 30.1 Å². The number of likely N-dealkylation sites (tertiary alicyclic amines) is 1. The van der Waals surface area contributed by atoms with Crippen LogP contribution < -0.4 is 11.5 Å². The van der Waals surface area contributed by atoms with Crippen LogP contribution >= 0.6 is 11.6 Å². The van der Waals surface area contributed by atoms with Crippen LogP contribution in [0.4, 0.5) is 0 Å². The number of nitrogens with two attached hydrogens (primary N) is 1. The summed E-state index contributed by atoms with van der Waals surface area (Å²) in [7, 11) is 0. The first-order valence-electron chi connectivity index (χ1n) is 9.99. The van der Waals surface area contributed by atoms with Crippen molar-refractivity contribution in [1.82, 2.24) is 9.88 Å². The van der Waals surface area contributed by atoms with Crippen molar-refractivity contribution in [2.45, 2.75) is 25.8 Å². The molecule has 10 heteroatoms. The number of benzene rings is 2. The van der Waals surface area contributed by atoms with Crippen molar-refractivity contribution in [2.24, 2.45) is 11.7 Å². The Morgan fingerprint density at radius 1 is 1.31 bits per heavy atom. The van der Waals surface area contributed by atoms with Crippen molar-refractivity contribution in [1.29, 1.82) is 0 Å². The van der Waals surface area contributed by atoms with Crippen molar-refractivity contribution in [3.8, 4) is 5.75 Å². The van der Waals surface area contributed by atoms with Gasteiger partial charge in [-0.05, 0) is 61.6 Å². The lowest BCUT2D eigenvalue weighted by atomic mass is 9.85. The number of rotatable bonds is 3. The van der Waals surface area contributed by atoms with Crippen LogP contribution in [0.25, 0.3) is 11.1 Å². The summed E-state index contributed by atoms with van der Waals surface area (Å²) in [6.07, 6.45) is 1.45. The smallest absolute Gasteiger partial charge is 0.417 e. The number of nitrogens with one attached hydrogen (secondary N) is 1. The van der Waals surface area contributed by atoms with Crippen LogP contribution in [0.15, 0.2) is 39.5 Å². The second-order valence-corrected chi connectivity index (χ2v) is 8.05. The van der Waals surface area contributed by atoms with Crippen molar-refractivity contribution >= 4 is 35.1 Å². The van der Waals surface area contributed by atoms with Gasteiger partial charge in [0.15, 0.2) is 5.58 Å². The van der Waals surface area contributed by atoms with Crippen LogP contribution in [-0.2, 0) is 4.79 Å². The van der Waals surface area contributed by atoms with Crippen LogP contribution in [0.2, 0.25) is 5.02 Å². The van der Waals surface area contributed by atoms with Crippen LogP contribution in [-0.4, -0.2) is 45.6 Å². The minimum Gasteiger partial charge on any atom is -0.508 e. The maximum atomic E-state index is 12.8. The Morgan fingerprint density at radius 2 is 1.97 bits per heavy atom. The normalized spacial score (nSPS) is 15.2. The topological polar surface area (TPSA) is 150 Å². The molecule has 1 aliphatic heterocycles. The van der Waals surface area contributed by atoms with E-state index in [0.29, 0.717) is 40.3 Å². The molecule has 0 aliphatic carbocycles. The third-order valence-corrected chi connectivity index (χ3v) is 6.07. The number of hydrogen-bond acceptors (Lipinski definition) is 6. The van der Waals surface area contributed by atoms with Gasteiger partial charge in [0.05, 0.1) is 5.52 Å². The summed E-state index contributed by atoms with van der Waals surface area (Å²) in [6, 6.07) is 7.92. The summed E-state index contributed by atoms with van der Waals surface area (Å²) in [5.41, 5.74) is 9.29. The SMILES string of the molecule is Cc1cc(O)c(C(N)C2CCN(C(=O)c3ccc4oc(=O)[nH]c4c3)CC2)cc1Cl.O=CO. The summed E-state index contributed by atoms with van der Waals surface area (Å²) >= 11 is 6.20. The maximum Gasteiger partial charge on any atom is 0.417 e. The van der Waals surface area contributed by atoms with E-state index in [2.05, 4.69) is 4.98 Å². The predicted molar refractivity (Wildman–Crippen MR) is 119 cm³/mol. The zero-order valence-electron chi connectivity index (χ0n) is 17.4. The lowest BCUT2D eigenvalue weighted by molar-refractivity contribution is -0.122. The van der Waals surface area contributed by atoms with E-state index in [1.807, 2.05) is 6.92 Å². The lowest BCUT2D eigenvalue weighted by Gasteiger charge is -2.35. The van der Waals surface area contributed by atoms with E-state index in [9.17, 15) is 14.7 Å². The molecule has 9 nitrogen and oxygen atoms in total. The number of aryl methyl sites for hydroxylation is 1. The lowest BCUT2D eigenvalue weighted by Crippen LogP contribution is -2.41. The molecule has 1 aliphatic rings. The molecule has 4 rings (SSSR count). The summed E-state index contributed by atoms with van der Waals surface area (Å²) in [4.78, 5) is 36.9. The second-order valence-electron chi connectivity index (χ2n) is 7.65. The average molecular weight is 462 g/mol. The van der Waals surface area contributed by atoms with Crippen molar-refractivity contribution in [3.05, 3.63) is 62.6 Å². The highest BCUT2D eigenvalue weighted by Crippen LogP contribution is 2.36. The summed E-state index contributed by atoms with van der Waals surface area (Å²) in [6.45, 7) is 2.72. The van der Waals surface area contributed by atoms with Crippen LogP contribution in [0.5, 0.6) is 5.75 Å². The van der Waals surface area contributed by atoms with Crippen LogP contribution in [0, 0.1) is 12.8 Å². The van der Waals surface area contributed by atoms with Gasteiger partial charge >= 0.3 is 5.76 Å². The molecule has 0 saturated carbocycles. The number of aromatic amines is 1. The van der Waals surface area contributed by atoms with Gasteiger partial charge in [-0.2, -0.15) is 0 Å². The maximum absolute atomic E-state index is 12.8. The number of piperidine rings is 1. The Morgan fingerprint density at radius 3 is 2.62 bits per heavy atom. The van der Waals surface area contributed by atoms with Crippen LogP contribution in [0.3, 0.4) is 0 Å². The van der Waals surface area contributed by atoms with Gasteiger partial charge in [-0.3, -0.25) is 14.6 Å². The van der Waals surface area contributed by atoms with Crippen molar-refractivity contribution < 1.29 is 24.2 Å². The molecule has 3 aromatic rings. The van der Waals surface area contributed by atoms with Gasteiger partial charge in [0.25, 0.3) is 12.4 Å². The number of aromatic nitrogens is 1. The molecule has 1 fully saturated rings. The molecule has 1 amide bonds. The van der Waals surface area contributed by atoms with E-state index >= 15 is 0 Å². The predicted octanol–water partition coefficient (Wildman–Crippen LogP) is 3.04. The fraction of sp³-hybridized carbons (Fsp3) is 0.318. The Labute approximate surface area is 188 Å². The van der Waals surface area contributed by atoms with Crippen molar-refractivity contribution in [2.75, 3.05) is 13.1 Å². The number of halogens is 1. The molecule has 32 heavy (non-hydrogen) atoms. The number of oxazole rings is 1. The standard InChI is InChI=1S/C21H22ClN3O4.CH2O2/c1-11-8-17(26)14(10-15(11)22)19(23)12-4-6-25(7-5-12)20(27)13-2-3-18-16(9-13)24-21(28)29-18;2-1-3/h2-3,8-10,12,19,26H,4-7,23H2,1H3,(H,24,28);1H,(H,2,3). The number of nitrogens with zero attached hydrogens (tertiary/aromatic N) is 1. The van der Waals surface area contributed by atoms with Gasteiger partial charge in [0.2, 0.25) is 0 Å². The van der Waals surface area contributed by atoms with E-state index < -0.39 is 5.76 Å². The summed E-state index contributed by atoms with van der Waals surface area (Å²) in [5.74, 6) is -0.349. The van der Waals surface area contributed by atoms with E-state index in [1.165, 1.54) is 0 Å². The molecule has 1 unspecified atom stereocenters.